The highest BCUT2D eigenvalue weighted by molar-refractivity contribution is 6.30. The van der Waals surface area contributed by atoms with E-state index in [9.17, 15) is 0 Å². The Bertz CT molecular complexity index is 828. The van der Waals surface area contributed by atoms with Crippen molar-refractivity contribution < 1.29 is 4.42 Å². The van der Waals surface area contributed by atoms with Gasteiger partial charge in [0.2, 0.25) is 5.89 Å². The van der Waals surface area contributed by atoms with Crippen LogP contribution in [0.5, 0.6) is 0 Å². The van der Waals surface area contributed by atoms with Crippen LogP contribution in [0.15, 0.2) is 59.3 Å². The second-order valence-electron chi connectivity index (χ2n) is 6.08. The summed E-state index contributed by atoms with van der Waals surface area (Å²) in [6, 6.07) is 13.7. The molecule has 0 aliphatic carbocycles. The number of rotatable bonds is 4. The molecule has 0 spiro atoms. The van der Waals surface area contributed by atoms with Crippen molar-refractivity contribution in [3.63, 3.8) is 0 Å². The predicted molar refractivity (Wildman–Crippen MR) is 98.7 cm³/mol. The number of hydrogen-bond donors (Lipinski definition) is 0. The van der Waals surface area contributed by atoms with Gasteiger partial charge in [-0.2, -0.15) is 0 Å². The summed E-state index contributed by atoms with van der Waals surface area (Å²) in [5.41, 5.74) is 0.950. The summed E-state index contributed by atoms with van der Waals surface area (Å²) < 4.78 is 5.90. The molecular weight excluding hydrogens is 336 g/mol. The molecule has 25 heavy (non-hydrogen) atoms. The molecule has 0 saturated carbocycles. The summed E-state index contributed by atoms with van der Waals surface area (Å²) in [5.74, 6) is 2.53. The summed E-state index contributed by atoms with van der Waals surface area (Å²) in [6.45, 7) is 4.56. The molecule has 1 fully saturated rings. The van der Waals surface area contributed by atoms with Crippen molar-refractivity contribution in [3.8, 4) is 11.3 Å². The average molecular weight is 355 g/mol. The number of nitrogens with zero attached hydrogens (tertiary/aromatic N) is 4. The third-order valence-corrected chi connectivity index (χ3v) is 4.60. The number of halogens is 1. The van der Waals surface area contributed by atoms with E-state index in [2.05, 4.69) is 25.8 Å². The Kier molecular flexibility index (Phi) is 4.68. The lowest BCUT2D eigenvalue weighted by atomic mass is 10.2. The molecule has 4 rings (SSSR count). The zero-order valence-electron chi connectivity index (χ0n) is 13.8. The van der Waals surface area contributed by atoms with Crippen molar-refractivity contribution in [1.82, 2.24) is 14.9 Å². The highest BCUT2D eigenvalue weighted by atomic mass is 35.5. The van der Waals surface area contributed by atoms with Gasteiger partial charge in [-0.05, 0) is 24.3 Å². The lowest BCUT2D eigenvalue weighted by molar-refractivity contribution is 0.226. The van der Waals surface area contributed by atoms with Crippen LogP contribution in [-0.4, -0.2) is 41.0 Å². The number of hydrogen-bond acceptors (Lipinski definition) is 5. The van der Waals surface area contributed by atoms with Gasteiger partial charge in [-0.1, -0.05) is 29.8 Å². The molecule has 3 aromatic rings. The van der Waals surface area contributed by atoms with Crippen LogP contribution < -0.4 is 4.90 Å². The maximum atomic E-state index is 6.04. The average Bonchev–Trinajstić information content (AvgIpc) is 3.12. The highest BCUT2D eigenvalue weighted by Crippen LogP contribution is 2.24. The van der Waals surface area contributed by atoms with Crippen LogP contribution in [-0.2, 0) is 6.54 Å². The number of pyridine rings is 1. The normalized spacial score (nSPS) is 15.5. The Labute approximate surface area is 151 Å². The fourth-order valence-electron chi connectivity index (χ4n) is 3.03. The Morgan fingerprint density at radius 2 is 1.88 bits per heavy atom. The molecular formula is C19H19ClN4O. The van der Waals surface area contributed by atoms with Crippen molar-refractivity contribution in [3.05, 3.63) is 65.8 Å². The molecule has 0 atom stereocenters. The highest BCUT2D eigenvalue weighted by Gasteiger charge is 2.19. The second kappa shape index (κ2) is 7.25. The summed E-state index contributed by atoms with van der Waals surface area (Å²) in [7, 11) is 0. The van der Waals surface area contributed by atoms with Gasteiger partial charge in [-0.15, -0.1) is 0 Å². The maximum absolute atomic E-state index is 6.04. The Balaban J connectivity index is 1.36. The molecule has 5 nitrogen and oxygen atoms in total. The fourth-order valence-corrected chi connectivity index (χ4v) is 3.22. The lowest BCUT2D eigenvalue weighted by Gasteiger charge is -2.34. The number of piperazine rings is 1. The smallest absolute Gasteiger partial charge is 0.209 e. The summed E-state index contributed by atoms with van der Waals surface area (Å²) >= 11 is 6.04. The number of benzene rings is 1. The van der Waals surface area contributed by atoms with E-state index < -0.39 is 0 Å². The van der Waals surface area contributed by atoms with Crippen LogP contribution in [0.2, 0.25) is 5.02 Å². The molecule has 0 amide bonds. The number of aromatic nitrogens is 2. The minimum absolute atomic E-state index is 0.695. The van der Waals surface area contributed by atoms with Crippen LogP contribution in [0.4, 0.5) is 5.82 Å². The molecule has 3 heterocycles. The van der Waals surface area contributed by atoms with Gasteiger partial charge in [0, 0.05) is 43.0 Å². The van der Waals surface area contributed by atoms with E-state index in [-0.39, 0.29) is 0 Å². The van der Waals surface area contributed by atoms with Crippen LogP contribution in [0, 0.1) is 0 Å². The standard InChI is InChI=1S/C19H19ClN4O/c20-16-5-3-4-15(12-16)17-13-22-19(25-17)14-23-8-10-24(11-9-23)18-6-1-2-7-21-18/h1-7,12-13H,8-11,14H2. The van der Waals surface area contributed by atoms with Gasteiger partial charge in [0.1, 0.15) is 5.82 Å². The lowest BCUT2D eigenvalue weighted by Crippen LogP contribution is -2.46. The molecule has 0 radical (unpaired) electrons. The van der Waals surface area contributed by atoms with E-state index in [1.165, 1.54) is 0 Å². The Hall–Kier alpha value is -2.37. The topological polar surface area (TPSA) is 45.4 Å². The first-order valence-electron chi connectivity index (χ1n) is 8.37. The largest absolute Gasteiger partial charge is 0.439 e. The molecule has 0 N–H and O–H groups in total. The maximum Gasteiger partial charge on any atom is 0.209 e. The van der Waals surface area contributed by atoms with Crippen molar-refractivity contribution >= 4 is 17.4 Å². The molecule has 2 aromatic heterocycles. The van der Waals surface area contributed by atoms with E-state index in [1.54, 1.807) is 6.20 Å². The van der Waals surface area contributed by atoms with Gasteiger partial charge >= 0.3 is 0 Å². The predicted octanol–water partition coefficient (Wildman–Crippen LogP) is 3.71. The number of anilines is 1. The van der Waals surface area contributed by atoms with Crippen molar-refractivity contribution in [2.75, 3.05) is 31.1 Å². The molecule has 1 aliphatic rings. The van der Waals surface area contributed by atoms with Crippen LogP contribution in [0.25, 0.3) is 11.3 Å². The molecule has 0 bridgehead atoms. The van der Waals surface area contributed by atoms with Crippen molar-refractivity contribution in [2.45, 2.75) is 6.54 Å². The molecule has 6 heteroatoms. The van der Waals surface area contributed by atoms with Crippen molar-refractivity contribution in [1.29, 1.82) is 0 Å². The van der Waals surface area contributed by atoms with E-state index >= 15 is 0 Å². The third kappa shape index (κ3) is 3.83. The Morgan fingerprint density at radius 1 is 1.00 bits per heavy atom. The van der Waals surface area contributed by atoms with Crippen LogP contribution >= 0.6 is 11.6 Å². The van der Waals surface area contributed by atoms with Gasteiger partial charge < -0.3 is 9.32 Å². The number of oxazole rings is 1. The van der Waals surface area contributed by atoms with E-state index in [4.69, 9.17) is 16.0 Å². The fraction of sp³-hybridized carbons (Fsp3) is 0.263. The minimum atomic E-state index is 0.695. The first kappa shape index (κ1) is 16.1. The minimum Gasteiger partial charge on any atom is -0.439 e. The van der Waals surface area contributed by atoms with E-state index in [0.29, 0.717) is 5.02 Å². The zero-order valence-corrected chi connectivity index (χ0v) is 14.6. The van der Waals surface area contributed by atoms with Gasteiger partial charge in [0.15, 0.2) is 5.76 Å². The van der Waals surface area contributed by atoms with Crippen LogP contribution in [0.1, 0.15) is 5.89 Å². The molecule has 1 aromatic carbocycles. The zero-order chi connectivity index (χ0) is 17.1. The van der Waals surface area contributed by atoms with E-state index in [0.717, 1.165) is 55.8 Å². The van der Waals surface area contributed by atoms with Crippen LogP contribution in [0.3, 0.4) is 0 Å². The quantitative estimate of drug-likeness (QED) is 0.714. The van der Waals surface area contributed by atoms with E-state index in [1.807, 2.05) is 42.6 Å². The van der Waals surface area contributed by atoms with Gasteiger partial charge in [-0.3, -0.25) is 4.90 Å². The molecule has 128 valence electrons. The first-order valence-corrected chi connectivity index (χ1v) is 8.75. The summed E-state index contributed by atoms with van der Waals surface area (Å²) in [6.07, 6.45) is 3.61. The second-order valence-corrected chi connectivity index (χ2v) is 6.52. The summed E-state index contributed by atoms with van der Waals surface area (Å²) in [4.78, 5) is 13.5. The molecule has 1 aliphatic heterocycles. The first-order chi connectivity index (χ1) is 12.3. The van der Waals surface area contributed by atoms with Gasteiger partial charge in [-0.25, -0.2) is 9.97 Å². The van der Waals surface area contributed by atoms with Crippen molar-refractivity contribution in [2.24, 2.45) is 0 Å². The third-order valence-electron chi connectivity index (χ3n) is 4.37. The monoisotopic (exact) mass is 354 g/mol. The van der Waals surface area contributed by atoms with Gasteiger partial charge in [0.25, 0.3) is 0 Å². The van der Waals surface area contributed by atoms with Gasteiger partial charge in [0.05, 0.1) is 12.7 Å². The molecule has 0 unspecified atom stereocenters. The summed E-state index contributed by atoms with van der Waals surface area (Å²) in [5, 5.41) is 0.695. The SMILES string of the molecule is Clc1cccc(-c2cnc(CN3CCN(c4ccccn4)CC3)o2)c1. The Morgan fingerprint density at radius 3 is 2.64 bits per heavy atom. The molecule has 1 saturated heterocycles.